The van der Waals surface area contributed by atoms with Gasteiger partial charge in [-0.15, -0.1) is 0 Å². The van der Waals surface area contributed by atoms with Crippen LogP contribution in [0.4, 0.5) is 5.69 Å². The van der Waals surface area contributed by atoms with Crippen LogP contribution in [-0.4, -0.2) is 4.98 Å². The Kier molecular flexibility index (Phi) is 2.90. The van der Waals surface area contributed by atoms with Crippen LogP contribution >= 0.6 is 31.9 Å². The topological polar surface area (TPSA) is 38.9 Å². The van der Waals surface area contributed by atoms with Crippen molar-refractivity contribution in [2.75, 3.05) is 5.73 Å². The van der Waals surface area contributed by atoms with Crippen LogP contribution in [0, 0.1) is 0 Å². The number of rotatable bonds is 1. The fraction of sp³-hybridized carbons (Fsp3) is 0.286. The molecule has 0 spiro atoms. The molecule has 0 bridgehead atoms. The monoisotopic (exact) mass is 278 g/mol. The highest BCUT2D eigenvalue weighted by Crippen LogP contribution is 2.24. The van der Waals surface area contributed by atoms with E-state index in [1.54, 1.807) is 0 Å². The standard InChI is InChI=1S/C7H8Br2N2/c1-2-4-3-5(8)11-7(9)6(4)10/h3H,2,10H2,1H3. The first-order valence-electron chi connectivity index (χ1n) is 3.25. The van der Waals surface area contributed by atoms with E-state index < -0.39 is 0 Å². The minimum absolute atomic E-state index is 0.712. The number of aryl methyl sites for hydroxylation is 1. The van der Waals surface area contributed by atoms with Gasteiger partial charge in [0.25, 0.3) is 0 Å². The number of hydrogen-bond acceptors (Lipinski definition) is 2. The largest absolute Gasteiger partial charge is 0.396 e. The molecule has 0 fully saturated rings. The molecule has 2 nitrogen and oxygen atoms in total. The summed E-state index contributed by atoms with van der Waals surface area (Å²) in [7, 11) is 0. The Morgan fingerprint density at radius 3 is 2.73 bits per heavy atom. The van der Waals surface area contributed by atoms with Crippen molar-refractivity contribution < 1.29 is 0 Å². The van der Waals surface area contributed by atoms with E-state index in [1.165, 1.54) is 0 Å². The molecule has 0 unspecified atom stereocenters. The third kappa shape index (κ3) is 1.93. The van der Waals surface area contributed by atoms with E-state index in [0.717, 1.165) is 22.3 Å². The van der Waals surface area contributed by atoms with Crippen LogP contribution < -0.4 is 5.73 Å². The van der Waals surface area contributed by atoms with Gasteiger partial charge in [0.15, 0.2) is 0 Å². The van der Waals surface area contributed by atoms with Gasteiger partial charge in [0, 0.05) is 0 Å². The molecule has 0 radical (unpaired) electrons. The van der Waals surface area contributed by atoms with E-state index in [1.807, 2.05) is 6.07 Å². The average molecular weight is 280 g/mol. The lowest BCUT2D eigenvalue weighted by Crippen LogP contribution is -1.96. The van der Waals surface area contributed by atoms with Crippen molar-refractivity contribution in [1.29, 1.82) is 0 Å². The summed E-state index contributed by atoms with van der Waals surface area (Å²) < 4.78 is 1.53. The summed E-state index contributed by atoms with van der Waals surface area (Å²) in [6.07, 6.45) is 0.922. The highest BCUT2D eigenvalue weighted by atomic mass is 79.9. The van der Waals surface area contributed by atoms with E-state index in [9.17, 15) is 0 Å². The normalized spacial score (nSPS) is 10.1. The van der Waals surface area contributed by atoms with Gasteiger partial charge in [-0.3, -0.25) is 0 Å². The van der Waals surface area contributed by atoms with Crippen molar-refractivity contribution in [3.05, 3.63) is 20.8 Å². The summed E-state index contributed by atoms with van der Waals surface area (Å²) in [6.45, 7) is 2.06. The maximum Gasteiger partial charge on any atom is 0.130 e. The lowest BCUT2D eigenvalue weighted by Gasteiger charge is -2.04. The quantitative estimate of drug-likeness (QED) is 0.803. The predicted octanol–water partition coefficient (Wildman–Crippen LogP) is 2.75. The average Bonchev–Trinajstić information content (AvgIpc) is 1.96. The molecule has 1 heterocycles. The second-order valence-electron chi connectivity index (χ2n) is 2.16. The molecule has 2 N–H and O–H groups in total. The van der Waals surface area contributed by atoms with Gasteiger partial charge in [0.05, 0.1) is 5.69 Å². The minimum Gasteiger partial charge on any atom is -0.396 e. The molecule has 4 heteroatoms. The number of pyridine rings is 1. The third-order valence-electron chi connectivity index (χ3n) is 1.45. The molecule has 0 atom stereocenters. The maximum atomic E-state index is 5.73. The molecule has 1 aromatic rings. The van der Waals surface area contributed by atoms with Gasteiger partial charge >= 0.3 is 0 Å². The van der Waals surface area contributed by atoms with Crippen LogP contribution in [-0.2, 0) is 6.42 Å². The number of aromatic nitrogens is 1. The second-order valence-corrected chi connectivity index (χ2v) is 3.73. The van der Waals surface area contributed by atoms with E-state index in [0.29, 0.717) is 4.60 Å². The number of nitrogens with zero attached hydrogens (tertiary/aromatic N) is 1. The van der Waals surface area contributed by atoms with Gasteiger partial charge in [-0.05, 0) is 49.9 Å². The van der Waals surface area contributed by atoms with E-state index in [-0.39, 0.29) is 0 Å². The van der Waals surface area contributed by atoms with Crippen LogP contribution in [0.1, 0.15) is 12.5 Å². The summed E-state index contributed by atoms with van der Waals surface area (Å²) in [5, 5.41) is 0. The molecule has 60 valence electrons. The Hall–Kier alpha value is -0.0900. The Morgan fingerprint density at radius 1 is 1.55 bits per heavy atom. The van der Waals surface area contributed by atoms with E-state index in [2.05, 4.69) is 43.8 Å². The van der Waals surface area contributed by atoms with Crippen molar-refractivity contribution in [3.63, 3.8) is 0 Å². The Balaban J connectivity index is 3.24. The number of nitrogen functional groups attached to an aromatic ring is 1. The minimum atomic E-state index is 0.712. The second kappa shape index (κ2) is 3.54. The van der Waals surface area contributed by atoms with E-state index in [4.69, 9.17) is 5.73 Å². The number of anilines is 1. The maximum absolute atomic E-state index is 5.73. The van der Waals surface area contributed by atoms with E-state index >= 15 is 0 Å². The summed E-state index contributed by atoms with van der Waals surface area (Å²) >= 11 is 6.56. The van der Waals surface area contributed by atoms with Gasteiger partial charge < -0.3 is 5.73 Å². The van der Waals surface area contributed by atoms with Crippen molar-refractivity contribution in [1.82, 2.24) is 4.98 Å². The first-order chi connectivity index (χ1) is 5.15. The Labute approximate surface area is 82.5 Å². The van der Waals surface area contributed by atoms with Gasteiger partial charge in [-0.2, -0.15) is 0 Å². The summed E-state index contributed by atoms with van der Waals surface area (Å²) in [5.41, 5.74) is 7.57. The Morgan fingerprint density at radius 2 is 2.18 bits per heavy atom. The molecule has 1 aromatic heterocycles. The van der Waals surface area contributed by atoms with Crippen molar-refractivity contribution in [3.8, 4) is 0 Å². The SMILES string of the molecule is CCc1cc(Br)nc(Br)c1N. The molecule has 0 aliphatic carbocycles. The van der Waals surface area contributed by atoms with Crippen LogP contribution in [0.5, 0.6) is 0 Å². The van der Waals surface area contributed by atoms with Gasteiger partial charge in [-0.25, -0.2) is 4.98 Å². The molecule has 1 rings (SSSR count). The summed E-state index contributed by atoms with van der Waals surface area (Å²) in [4.78, 5) is 4.09. The molecule has 0 aliphatic heterocycles. The van der Waals surface area contributed by atoms with Crippen LogP contribution in [0.3, 0.4) is 0 Å². The Bertz CT molecular complexity index is 273. The molecule has 0 amide bonds. The zero-order valence-electron chi connectivity index (χ0n) is 6.06. The van der Waals surface area contributed by atoms with Crippen molar-refractivity contribution in [2.45, 2.75) is 13.3 Å². The first-order valence-corrected chi connectivity index (χ1v) is 4.84. The predicted molar refractivity (Wildman–Crippen MR) is 53.4 cm³/mol. The molecule has 0 aromatic carbocycles. The summed E-state index contributed by atoms with van der Waals surface area (Å²) in [6, 6.07) is 1.93. The highest BCUT2D eigenvalue weighted by Gasteiger charge is 2.03. The number of nitrogens with two attached hydrogens (primary N) is 1. The lowest BCUT2D eigenvalue weighted by molar-refractivity contribution is 1.10. The van der Waals surface area contributed by atoms with Gasteiger partial charge in [0.2, 0.25) is 0 Å². The number of halogens is 2. The summed E-state index contributed by atoms with van der Waals surface area (Å²) in [5.74, 6) is 0. The molecule has 11 heavy (non-hydrogen) atoms. The zero-order chi connectivity index (χ0) is 8.43. The van der Waals surface area contributed by atoms with Crippen LogP contribution in [0.25, 0.3) is 0 Å². The zero-order valence-corrected chi connectivity index (χ0v) is 9.24. The van der Waals surface area contributed by atoms with Crippen LogP contribution in [0.2, 0.25) is 0 Å². The van der Waals surface area contributed by atoms with Crippen molar-refractivity contribution in [2.24, 2.45) is 0 Å². The molecular formula is C7H8Br2N2. The molecule has 0 saturated carbocycles. The number of hydrogen-bond donors (Lipinski definition) is 1. The molecule has 0 aliphatic rings. The fourth-order valence-corrected chi connectivity index (χ4v) is 1.97. The van der Waals surface area contributed by atoms with Crippen LogP contribution in [0.15, 0.2) is 15.3 Å². The fourth-order valence-electron chi connectivity index (χ4n) is 0.833. The highest BCUT2D eigenvalue weighted by molar-refractivity contribution is 9.11. The smallest absolute Gasteiger partial charge is 0.130 e. The van der Waals surface area contributed by atoms with Gasteiger partial charge in [-0.1, -0.05) is 6.92 Å². The molecule has 0 saturated heterocycles. The first kappa shape index (κ1) is 9.00. The third-order valence-corrected chi connectivity index (χ3v) is 2.46. The lowest BCUT2D eigenvalue weighted by atomic mass is 10.2. The van der Waals surface area contributed by atoms with Gasteiger partial charge in [0.1, 0.15) is 9.21 Å². The van der Waals surface area contributed by atoms with Crippen molar-refractivity contribution >= 4 is 37.5 Å². The molecular weight excluding hydrogens is 272 g/mol.